The van der Waals surface area contributed by atoms with Crippen molar-refractivity contribution in [3.8, 4) is 0 Å². The normalized spacial score (nSPS) is 19.9. The lowest BCUT2D eigenvalue weighted by molar-refractivity contribution is -0.148. The summed E-state index contributed by atoms with van der Waals surface area (Å²) in [6.45, 7) is 6.17. The van der Waals surface area contributed by atoms with Gasteiger partial charge in [-0.3, -0.25) is 9.69 Å². The molecule has 1 N–H and O–H groups in total. The number of nitrogens with one attached hydrogen (secondary N) is 1. The molecule has 0 aromatic rings. The fourth-order valence-corrected chi connectivity index (χ4v) is 3.66. The molecule has 0 spiro atoms. The van der Waals surface area contributed by atoms with Gasteiger partial charge >= 0.3 is 18.0 Å². The molecule has 2 saturated heterocycles. The minimum absolute atomic E-state index is 0.0400. The van der Waals surface area contributed by atoms with E-state index in [-0.39, 0.29) is 25.2 Å². The van der Waals surface area contributed by atoms with Crippen molar-refractivity contribution in [2.24, 2.45) is 0 Å². The average Bonchev–Trinajstić information content (AvgIpc) is 3.07. The first kappa shape index (κ1) is 22.2. The number of esters is 2. The zero-order valence-electron chi connectivity index (χ0n) is 16.5. The lowest BCUT2D eigenvalue weighted by atomic mass is 10.0. The molecule has 0 saturated carbocycles. The molecule has 28 heavy (non-hydrogen) atoms. The SMILES string of the molecule is CCOC(=O)CCCNC(=S)N1CCC(N2C(=O)OCC2C(=O)OCC)CC1. The van der Waals surface area contributed by atoms with Gasteiger partial charge in [0.2, 0.25) is 0 Å². The summed E-state index contributed by atoms with van der Waals surface area (Å²) in [5, 5.41) is 3.79. The fourth-order valence-electron chi connectivity index (χ4n) is 3.38. The summed E-state index contributed by atoms with van der Waals surface area (Å²) in [5.41, 5.74) is 0. The zero-order valence-corrected chi connectivity index (χ0v) is 17.3. The van der Waals surface area contributed by atoms with Crippen molar-refractivity contribution in [3.05, 3.63) is 0 Å². The first-order chi connectivity index (χ1) is 13.5. The van der Waals surface area contributed by atoms with Gasteiger partial charge in [0.15, 0.2) is 11.2 Å². The van der Waals surface area contributed by atoms with Gasteiger partial charge in [-0.25, -0.2) is 9.59 Å². The highest BCUT2D eigenvalue weighted by atomic mass is 32.1. The van der Waals surface area contributed by atoms with Gasteiger partial charge in [0.25, 0.3) is 0 Å². The summed E-state index contributed by atoms with van der Waals surface area (Å²) >= 11 is 5.42. The molecule has 2 heterocycles. The number of ether oxygens (including phenoxy) is 3. The summed E-state index contributed by atoms with van der Waals surface area (Å²) in [6, 6.07) is -0.746. The summed E-state index contributed by atoms with van der Waals surface area (Å²) in [4.78, 5) is 39.1. The number of likely N-dealkylation sites (tertiary alicyclic amines) is 1. The number of amides is 1. The molecule has 2 aliphatic rings. The average molecular weight is 416 g/mol. The van der Waals surface area contributed by atoms with Crippen LogP contribution >= 0.6 is 12.2 Å². The van der Waals surface area contributed by atoms with E-state index >= 15 is 0 Å². The predicted molar refractivity (Wildman–Crippen MR) is 105 cm³/mol. The van der Waals surface area contributed by atoms with Crippen LogP contribution < -0.4 is 5.32 Å². The Kier molecular flexibility index (Phi) is 8.75. The van der Waals surface area contributed by atoms with Gasteiger partial charge in [0.1, 0.15) is 6.61 Å². The molecule has 2 rings (SSSR count). The number of hydrogen-bond donors (Lipinski definition) is 1. The van der Waals surface area contributed by atoms with Crippen LogP contribution in [0.4, 0.5) is 4.79 Å². The van der Waals surface area contributed by atoms with Gasteiger partial charge in [-0.05, 0) is 45.3 Å². The van der Waals surface area contributed by atoms with Gasteiger partial charge in [0.05, 0.1) is 13.2 Å². The van der Waals surface area contributed by atoms with Crippen LogP contribution in [-0.2, 0) is 23.8 Å². The van der Waals surface area contributed by atoms with Crippen molar-refractivity contribution < 1.29 is 28.6 Å². The highest BCUT2D eigenvalue weighted by molar-refractivity contribution is 7.80. The maximum atomic E-state index is 12.1. The largest absolute Gasteiger partial charge is 0.466 e. The molecular formula is C18H29N3O6S. The Bertz CT molecular complexity index is 580. The number of cyclic esters (lactones) is 1. The molecule has 0 aromatic carbocycles. The number of nitrogens with zero attached hydrogens (tertiary/aromatic N) is 2. The number of rotatable bonds is 8. The molecule has 0 aliphatic carbocycles. The molecule has 2 fully saturated rings. The van der Waals surface area contributed by atoms with Crippen LogP contribution in [0.15, 0.2) is 0 Å². The molecule has 10 heteroatoms. The molecule has 0 bridgehead atoms. The van der Waals surface area contributed by atoms with Gasteiger partial charge < -0.3 is 24.4 Å². The van der Waals surface area contributed by atoms with E-state index in [0.29, 0.717) is 57.0 Å². The van der Waals surface area contributed by atoms with E-state index in [1.54, 1.807) is 13.8 Å². The van der Waals surface area contributed by atoms with E-state index < -0.39 is 18.1 Å². The summed E-state index contributed by atoms with van der Waals surface area (Å²) in [5.74, 6) is -0.626. The third kappa shape index (κ3) is 5.95. The number of carbonyl (C=O) groups is 3. The third-order valence-corrected chi connectivity index (χ3v) is 5.16. The molecule has 1 unspecified atom stereocenters. The lowest BCUT2D eigenvalue weighted by Crippen LogP contribution is -2.53. The zero-order chi connectivity index (χ0) is 20.5. The van der Waals surface area contributed by atoms with Gasteiger partial charge in [-0.1, -0.05) is 0 Å². The molecule has 2 aliphatic heterocycles. The third-order valence-electron chi connectivity index (χ3n) is 4.75. The van der Waals surface area contributed by atoms with E-state index in [1.165, 1.54) is 4.90 Å². The van der Waals surface area contributed by atoms with Gasteiger partial charge in [0, 0.05) is 32.1 Å². The van der Waals surface area contributed by atoms with Crippen LogP contribution in [0.5, 0.6) is 0 Å². The Morgan fingerprint density at radius 3 is 2.54 bits per heavy atom. The van der Waals surface area contributed by atoms with Crippen LogP contribution in [0.25, 0.3) is 0 Å². The molecule has 1 amide bonds. The van der Waals surface area contributed by atoms with E-state index in [1.807, 2.05) is 4.90 Å². The van der Waals surface area contributed by atoms with Crippen LogP contribution in [0, 0.1) is 0 Å². The number of carbonyl (C=O) groups excluding carboxylic acids is 3. The van der Waals surface area contributed by atoms with E-state index in [0.717, 1.165) is 0 Å². The van der Waals surface area contributed by atoms with E-state index in [4.69, 9.17) is 26.4 Å². The maximum absolute atomic E-state index is 12.1. The second-order valence-electron chi connectivity index (χ2n) is 6.61. The minimum atomic E-state index is -0.669. The molecule has 0 aromatic heterocycles. The lowest BCUT2D eigenvalue weighted by Gasteiger charge is -2.38. The summed E-state index contributed by atoms with van der Waals surface area (Å²) in [6.07, 6.45) is 1.93. The first-order valence-corrected chi connectivity index (χ1v) is 10.2. The molecular weight excluding hydrogens is 386 g/mol. The Hall–Kier alpha value is -2.10. The van der Waals surface area contributed by atoms with Crippen molar-refractivity contribution in [2.75, 3.05) is 39.5 Å². The maximum Gasteiger partial charge on any atom is 0.410 e. The van der Waals surface area contributed by atoms with Gasteiger partial charge in [-0.15, -0.1) is 0 Å². The number of hydrogen-bond acceptors (Lipinski definition) is 7. The second-order valence-corrected chi connectivity index (χ2v) is 7.00. The predicted octanol–water partition coefficient (Wildman–Crippen LogP) is 1.05. The van der Waals surface area contributed by atoms with Crippen LogP contribution in [0.2, 0.25) is 0 Å². The van der Waals surface area contributed by atoms with Crippen molar-refractivity contribution in [3.63, 3.8) is 0 Å². The minimum Gasteiger partial charge on any atom is -0.466 e. The van der Waals surface area contributed by atoms with Crippen molar-refractivity contribution >= 4 is 35.4 Å². The Morgan fingerprint density at radius 1 is 1.21 bits per heavy atom. The summed E-state index contributed by atoms with van der Waals surface area (Å²) < 4.78 is 15.0. The highest BCUT2D eigenvalue weighted by Crippen LogP contribution is 2.24. The standard InChI is InChI=1S/C18H29N3O6S/c1-3-25-15(22)6-5-9-19-17(28)20-10-7-13(8-11-20)21-14(12-27-18(21)24)16(23)26-4-2/h13-14H,3-12H2,1-2H3,(H,19,28). The first-order valence-electron chi connectivity index (χ1n) is 9.78. The van der Waals surface area contributed by atoms with E-state index in [9.17, 15) is 14.4 Å². The Labute approximate surface area is 170 Å². The quantitative estimate of drug-likeness (QED) is 0.270. The fraction of sp³-hybridized carbons (Fsp3) is 0.778. The van der Waals surface area contributed by atoms with Crippen molar-refractivity contribution in [1.82, 2.24) is 15.1 Å². The van der Waals surface area contributed by atoms with E-state index in [2.05, 4.69) is 5.32 Å². The topological polar surface area (TPSA) is 97.4 Å². The van der Waals surface area contributed by atoms with Crippen molar-refractivity contribution in [2.45, 2.75) is 51.6 Å². The molecule has 0 radical (unpaired) electrons. The molecule has 9 nitrogen and oxygen atoms in total. The smallest absolute Gasteiger partial charge is 0.410 e. The number of piperidine rings is 1. The van der Waals surface area contributed by atoms with Crippen molar-refractivity contribution in [1.29, 1.82) is 0 Å². The molecule has 1 atom stereocenters. The second kappa shape index (κ2) is 11.0. The van der Waals surface area contributed by atoms with Gasteiger partial charge in [-0.2, -0.15) is 0 Å². The highest BCUT2D eigenvalue weighted by Gasteiger charge is 2.44. The van der Waals surface area contributed by atoms with Crippen LogP contribution in [0.1, 0.15) is 39.5 Å². The number of thiocarbonyl (C=S) groups is 1. The van der Waals surface area contributed by atoms with Crippen LogP contribution in [-0.4, -0.2) is 84.5 Å². The molecule has 158 valence electrons. The Morgan fingerprint density at radius 2 is 1.89 bits per heavy atom. The Balaban J connectivity index is 1.75. The van der Waals surface area contributed by atoms with Crippen LogP contribution in [0.3, 0.4) is 0 Å². The summed E-state index contributed by atoms with van der Waals surface area (Å²) in [7, 11) is 0. The monoisotopic (exact) mass is 415 g/mol.